The predicted molar refractivity (Wildman–Crippen MR) is 75.1 cm³/mol. The molecule has 102 valence electrons. The Morgan fingerprint density at radius 3 is 2.67 bits per heavy atom. The van der Waals surface area contributed by atoms with E-state index in [0.717, 1.165) is 6.41 Å². The molecule has 1 saturated carbocycles. The molecule has 0 bridgehead atoms. The second-order valence-electron chi connectivity index (χ2n) is 6.75. The zero-order valence-corrected chi connectivity index (χ0v) is 12.2. The molecule has 2 rings (SSSR count). The summed E-state index contributed by atoms with van der Waals surface area (Å²) >= 11 is 0. The van der Waals surface area contributed by atoms with E-state index in [-0.39, 0.29) is 5.41 Å². The number of hydrogen-bond donors (Lipinski definition) is 1. The molecular formula is C16H27NO. The molecule has 0 aromatic heterocycles. The number of carbonyl (C=O) groups is 1. The third-order valence-electron chi connectivity index (χ3n) is 5.43. The summed E-state index contributed by atoms with van der Waals surface area (Å²) in [5.74, 6) is 1.94. The lowest BCUT2D eigenvalue weighted by Gasteiger charge is -2.50. The maximum atomic E-state index is 11.0. The first kappa shape index (κ1) is 13.6. The van der Waals surface area contributed by atoms with Gasteiger partial charge in [-0.05, 0) is 50.4 Å². The van der Waals surface area contributed by atoms with Gasteiger partial charge in [-0.15, -0.1) is 0 Å². The van der Waals surface area contributed by atoms with Gasteiger partial charge in [0.25, 0.3) is 0 Å². The van der Waals surface area contributed by atoms with Gasteiger partial charge >= 0.3 is 0 Å². The second-order valence-corrected chi connectivity index (χ2v) is 6.75. The van der Waals surface area contributed by atoms with Gasteiger partial charge in [0.2, 0.25) is 6.41 Å². The molecule has 0 saturated heterocycles. The lowest BCUT2D eigenvalue weighted by molar-refractivity contribution is -0.112. The Labute approximate surface area is 111 Å². The Morgan fingerprint density at radius 1 is 1.44 bits per heavy atom. The van der Waals surface area contributed by atoms with Crippen molar-refractivity contribution in [1.82, 2.24) is 5.32 Å². The molecule has 2 aliphatic rings. The van der Waals surface area contributed by atoms with Gasteiger partial charge in [-0.1, -0.05) is 32.4 Å². The fourth-order valence-corrected chi connectivity index (χ4v) is 4.30. The average molecular weight is 249 g/mol. The molecule has 2 aliphatic carbocycles. The van der Waals surface area contributed by atoms with Crippen LogP contribution in [0.15, 0.2) is 11.6 Å². The molecule has 2 heteroatoms. The quantitative estimate of drug-likeness (QED) is 0.601. The third-order valence-corrected chi connectivity index (χ3v) is 5.43. The summed E-state index contributed by atoms with van der Waals surface area (Å²) in [6, 6.07) is 0.330. The van der Waals surface area contributed by atoms with Gasteiger partial charge in [-0.2, -0.15) is 0 Å². The van der Waals surface area contributed by atoms with Crippen molar-refractivity contribution in [3.8, 4) is 0 Å². The fraction of sp³-hybridized carbons (Fsp3) is 0.812. The highest BCUT2D eigenvalue weighted by atomic mass is 16.1. The minimum absolute atomic E-state index is 0.220. The highest BCUT2D eigenvalue weighted by Crippen LogP contribution is 2.53. The van der Waals surface area contributed by atoms with Crippen LogP contribution in [-0.2, 0) is 4.79 Å². The molecule has 1 spiro atoms. The molecule has 0 aliphatic heterocycles. The van der Waals surface area contributed by atoms with E-state index in [9.17, 15) is 4.79 Å². The Bertz CT molecular complexity index is 347. The van der Waals surface area contributed by atoms with Gasteiger partial charge in [-0.3, -0.25) is 4.79 Å². The zero-order chi connectivity index (χ0) is 13.3. The Balaban J connectivity index is 2.35. The summed E-state index contributed by atoms with van der Waals surface area (Å²) in [4.78, 5) is 11.0. The highest BCUT2D eigenvalue weighted by Gasteiger charge is 2.50. The number of amides is 1. The molecule has 1 N–H and O–H groups in total. The van der Waals surface area contributed by atoms with Crippen molar-refractivity contribution < 1.29 is 4.79 Å². The van der Waals surface area contributed by atoms with Crippen LogP contribution in [0.3, 0.4) is 0 Å². The Hall–Kier alpha value is -0.790. The first-order valence-electron chi connectivity index (χ1n) is 7.39. The van der Waals surface area contributed by atoms with E-state index in [0.29, 0.717) is 23.8 Å². The van der Waals surface area contributed by atoms with E-state index in [1.165, 1.54) is 31.3 Å². The van der Waals surface area contributed by atoms with Gasteiger partial charge in [0.05, 0.1) is 0 Å². The van der Waals surface area contributed by atoms with Crippen LogP contribution in [0.5, 0.6) is 0 Å². The molecule has 0 heterocycles. The molecule has 4 atom stereocenters. The van der Waals surface area contributed by atoms with Crippen LogP contribution in [0.25, 0.3) is 0 Å². The van der Waals surface area contributed by atoms with Gasteiger partial charge in [0.15, 0.2) is 0 Å². The van der Waals surface area contributed by atoms with Crippen molar-refractivity contribution in [3.63, 3.8) is 0 Å². The van der Waals surface area contributed by atoms with Crippen LogP contribution in [-0.4, -0.2) is 12.5 Å². The van der Waals surface area contributed by atoms with Crippen molar-refractivity contribution in [2.75, 3.05) is 0 Å². The summed E-state index contributed by atoms with van der Waals surface area (Å²) in [6.07, 6.45) is 8.36. The normalized spacial score (nSPS) is 40.1. The molecule has 1 amide bonds. The molecular weight excluding hydrogens is 222 g/mol. The summed E-state index contributed by atoms with van der Waals surface area (Å²) in [5, 5.41) is 3.17. The van der Waals surface area contributed by atoms with Crippen molar-refractivity contribution in [2.45, 2.75) is 59.4 Å². The summed E-state index contributed by atoms with van der Waals surface area (Å²) in [6.45, 7) is 9.18. The SMILES string of the molecule is CC1=C[C@]2(CC1)[C@@H](C)CC[C@H](C(C)C)[C@@H]2NC=O. The number of carbonyl (C=O) groups excluding carboxylic acids is 1. The van der Waals surface area contributed by atoms with Crippen LogP contribution in [0.4, 0.5) is 0 Å². The van der Waals surface area contributed by atoms with Gasteiger partial charge < -0.3 is 5.32 Å². The molecule has 0 aromatic carbocycles. The first-order chi connectivity index (χ1) is 8.51. The van der Waals surface area contributed by atoms with Crippen molar-refractivity contribution >= 4 is 6.41 Å². The Morgan fingerprint density at radius 2 is 2.17 bits per heavy atom. The topological polar surface area (TPSA) is 29.1 Å². The molecule has 0 aromatic rings. The number of nitrogens with one attached hydrogen (secondary N) is 1. The summed E-state index contributed by atoms with van der Waals surface area (Å²) in [5.41, 5.74) is 1.72. The Kier molecular flexibility index (Phi) is 3.84. The highest BCUT2D eigenvalue weighted by molar-refractivity contribution is 5.48. The maximum absolute atomic E-state index is 11.0. The minimum Gasteiger partial charge on any atom is -0.355 e. The summed E-state index contributed by atoms with van der Waals surface area (Å²) in [7, 11) is 0. The van der Waals surface area contributed by atoms with Crippen LogP contribution >= 0.6 is 0 Å². The number of hydrogen-bond acceptors (Lipinski definition) is 1. The predicted octanol–water partition coefficient (Wildman–Crippen LogP) is 3.53. The van der Waals surface area contributed by atoms with E-state index >= 15 is 0 Å². The van der Waals surface area contributed by atoms with Crippen molar-refractivity contribution in [2.24, 2.45) is 23.2 Å². The van der Waals surface area contributed by atoms with Crippen LogP contribution in [0.2, 0.25) is 0 Å². The standard InChI is InChI=1S/C16H27NO/c1-11(2)14-6-5-13(4)16(15(14)17-10-18)8-7-12(3)9-16/h9-11,13-15H,5-8H2,1-4H3,(H,17,18)/t13-,14+,15-,16+/m0/s1. The van der Waals surface area contributed by atoms with Gasteiger partial charge in [0, 0.05) is 11.5 Å². The molecule has 0 radical (unpaired) electrons. The van der Waals surface area contributed by atoms with Crippen molar-refractivity contribution in [1.29, 1.82) is 0 Å². The smallest absolute Gasteiger partial charge is 0.207 e. The van der Waals surface area contributed by atoms with E-state index in [1.54, 1.807) is 0 Å². The van der Waals surface area contributed by atoms with Crippen LogP contribution in [0.1, 0.15) is 53.4 Å². The number of rotatable bonds is 3. The lowest BCUT2D eigenvalue weighted by Crippen LogP contribution is -2.55. The molecule has 0 unspecified atom stereocenters. The average Bonchev–Trinajstić information content (AvgIpc) is 2.69. The van der Waals surface area contributed by atoms with Gasteiger partial charge in [-0.25, -0.2) is 0 Å². The van der Waals surface area contributed by atoms with E-state index < -0.39 is 0 Å². The van der Waals surface area contributed by atoms with E-state index in [1.807, 2.05) is 0 Å². The van der Waals surface area contributed by atoms with Crippen LogP contribution < -0.4 is 5.32 Å². The van der Waals surface area contributed by atoms with Gasteiger partial charge in [0.1, 0.15) is 0 Å². The largest absolute Gasteiger partial charge is 0.355 e. The zero-order valence-electron chi connectivity index (χ0n) is 12.2. The second kappa shape index (κ2) is 5.07. The monoisotopic (exact) mass is 249 g/mol. The van der Waals surface area contributed by atoms with Crippen molar-refractivity contribution in [3.05, 3.63) is 11.6 Å². The third kappa shape index (κ3) is 2.10. The first-order valence-corrected chi connectivity index (χ1v) is 7.39. The molecule has 2 nitrogen and oxygen atoms in total. The molecule has 1 fully saturated rings. The lowest BCUT2D eigenvalue weighted by atomic mass is 9.58. The fourth-order valence-electron chi connectivity index (χ4n) is 4.30. The van der Waals surface area contributed by atoms with Crippen LogP contribution in [0, 0.1) is 23.2 Å². The minimum atomic E-state index is 0.220. The molecule has 18 heavy (non-hydrogen) atoms. The maximum Gasteiger partial charge on any atom is 0.207 e. The number of allylic oxidation sites excluding steroid dienone is 1. The summed E-state index contributed by atoms with van der Waals surface area (Å²) < 4.78 is 0. The van der Waals surface area contributed by atoms with E-state index in [4.69, 9.17) is 0 Å². The van der Waals surface area contributed by atoms with E-state index in [2.05, 4.69) is 39.1 Å².